The maximum atomic E-state index is 10.6. The molecule has 0 radical (unpaired) electrons. The predicted molar refractivity (Wildman–Crippen MR) is 62.8 cm³/mol. The first-order chi connectivity index (χ1) is 8.19. The van der Waals surface area contributed by atoms with Crippen LogP contribution in [-0.2, 0) is 16.5 Å². The Morgan fingerprint density at radius 1 is 1.29 bits per heavy atom. The SMILES string of the molecule is N#Cc1cc(-c2ccc(C[SH](=O)=O)cc2)[nH]n1. The van der Waals surface area contributed by atoms with E-state index >= 15 is 0 Å². The number of H-pyrrole nitrogens is 1. The van der Waals surface area contributed by atoms with Crippen LogP contribution in [0.1, 0.15) is 11.3 Å². The number of aromatic amines is 1. The Morgan fingerprint density at radius 2 is 2.00 bits per heavy atom. The summed E-state index contributed by atoms with van der Waals surface area (Å²) < 4.78 is 21.1. The van der Waals surface area contributed by atoms with E-state index in [1.54, 1.807) is 30.3 Å². The van der Waals surface area contributed by atoms with Crippen LogP contribution in [0.3, 0.4) is 0 Å². The molecule has 86 valence electrons. The molecule has 0 bridgehead atoms. The van der Waals surface area contributed by atoms with Gasteiger partial charge < -0.3 is 0 Å². The highest BCUT2D eigenvalue weighted by molar-refractivity contribution is 7.71. The van der Waals surface area contributed by atoms with Gasteiger partial charge in [-0.05, 0) is 11.1 Å². The van der Waals surface area contributed by atoms with Crippen molar-refractivity contribution in [3.63, 3.8) is 0 Å². The van der Waals surface area contributed by atoms with Crippen LogP contribution in [0, 0.1) is 11.3 Å². The summed E-state index contributed by atoms with van der Waals surface area (Å²) in [5, 5.41) is 15.2. The zero-order valence-corrected chi connectivity index (χ0v) is 9.65. The summed E-state index contributed by atoms with van der Waals surface area (Å²) >= 11 is 0. The van der Waals surface area contributed by atoms with E-state index in [9.17, 15) is 8.42 Å². The molecule has 0 spiro atoms. The highest BCUT2D eigenvalue weighted by Gasteiger charge is 2.03. The third-order valence-corrected chi connectivity index (χ3v) is 2.89. The minimum atomic E-state index is -2.40. The van der Waals surface area contributed by atoms with Gasteiger partial charge in [-0.3, -0.25) is 5.10 Å². The molecule has 0 unspecified atom stereocenters. The Hall–Kier alpha value is -2.13. The first-order valence-corrected chi connectivity index (χ1v) is 6.22. The van der Waals surface area contributed by atoms with Gasteiger partial charge in [0.25, 0.3) is 0 Å². The van der Waals surface area contributed by atoms with Gasteiger partial charge in [0.15, 0.2) is 5.69 Å². The van der Waals surface area contributed by atoms with Crippen LogP contribution >= 0.6 is 0 Å². The molecule has 1 aromatic heterocycles. The van der Waals surface area contributed by atoms with E-state index in [1.807, 2.05) is 6.07 Å². The van der Waals surface area contributed by atoms with Crippen molar-refractivity contribution in [3.05, 3.63) is 41.6 Å². The van der Waals surface area contributed by atoms with Gasteiger partial charge in [0.1, 0.15) is 16.8 Å². The number of nitriles is 1. The summed E-state index contributed by atoms with van der Waals surface area (Å²) in [6, 6.07) is 10.6. The van der Waals surface area contributed by atoms with Crippen LogP contribution < -0.4 is 0 Å². The maximum absolute atomic E-state index is 10.6. The van der Waals surface area contributed by atoms with Crippen LogP contribution in [0.5, 0.6) is 0 Å². The fraction of sp³-hybridized carbons (Fsp3) is 0.0909. The quantitative estimate of drug-likeness (QED) is 0.794. The van der Waals surface area contributed by atoms with E-state index in [2.05, 4.69) is 10.2 Å². The zero-order valence-electron chi connectivity index (χ0n) is 8.75. The fourth-order valence-corrected chi connectivity index (χ4v) is 1.97. The number of hydrogen-bond donors (Lipinski definition) is 2. The topological polar surface area (TPSA) is 86.6 Å². The fourth-order valence-electron chi connectivity index (χ4n) is 1.47. The number of thiol groups is 1. The van der Waals surface area contributed by atoms with Crippen molar-refractivity contribution in [1.29, 1.82) is 5.26 Å². The van der Waals surface area contributed by atoms with E-state index in [1.165, 1.54) is 0 Å². The minimum absolute atomic E-state index is 0.0437. The molecule has 0 saturated heterocycles. The van der Waals surface area contributed by atoms with Gasteiger partial charge in [-0.1, -0.05) is 24.3 Å². The molecule has 0 fully saturated rings. The lowest BCUT2D eigenvalue weighted by Gasteiger charge is -1.98. The first-order valence-electron chi connectivity index (χ1n) is 4.85. The molecule has 0 saturated carbocycles. The normalized spacial score (nSPS) is 10.4. The summed E-state index contributed by atoms with van der Waals surface area (Å²) in [7, 11) is -2.40. The van der Waals surface area contributed by atoms with Gasteiger partial charge >= 0.3 is 0 Å². The molecule has 0 atom stereocenters. The third-order valence-electron chi connectivity index (χ3n) is 2.27. The number of rotatable bonds is 3. The van der Waals surface area contributed by atoms with Crippen molar-refractivity contribution < 1.29 is 8.42 Å². The average Bonchev–Trinajstić information content (AvgIpc) is 2.78. The summed E-state index contributed by atoms with van der Waals surface area (Å²) in [5.74, 6) is 0.0437. The highest BCUT2D eigenvalue weighted by atomic mass is 32.2. The van der Waals surface area contributed by atoms with Crippen LogP contribution in [0.2, 0.25) is 0 Å². The Bertz CT molecular complexity index is 627. The summed E-state index contributed by atoms with van der Waals surface area (Å²) in [4.78, 5) is 0. The molecule has 1 heterocycles. The van der Waals surface area contributed by atoms with Crippen molar-refractivity contribution in [2.75, 3.05) is 0 Å². The Morgan fingerprint density at radius 3 is 2.53 bits per heavy atom. The van der Waals surface area contributed by atoms with Crippen molar-refractivity contribution in [2.24, 2.45) is 0 Å². The molecule has 5 nitrogen and oxygen atoms in total. The molecule has 1 aromatic carbocycles. The Balaban J connectivity index is 2.26. The van der Waals surface area contributed by atoms with Crippen LogP contribution in [0.25, 0.3) is 11.3 Å². The van der Waals surface area contributed by atoms with E-state index in [0.29, 0.717) is 5.69 Å². The smallest absolute Gasteiger partial charge is 0.162 e. The average molecular weight is 247 g/mol. The minimum Gasteiger partial charge on any atom is -0.277 e. The first kappa shape index (κ1) is 11.4. The van der Waals surface area contributed by atoms with Crippen LogP contribution in [-0.4, -0.2) is 18.6 Å². The molecule has 0 aliphatic heterocycles. The zero-order chi connectivity index (χ0) is 12.3. The monoisotopic (exact) mass is 247 g/mol. The van der Waals surface area contributed by atoms with Crippen molar-refractivity contribution in [1.82, 2.24) is 10.2 Å². The molecule has 2 rings (SSSR count). The second-order valence-corrected chi connectivity index (χ2v) is 4.45. The largest absolute Gasteiger partial charge is 0.277 e. The second kappa shape index (κ2) is 4.80. The van der Waals surface area contributed by atoms with Crippen molar-refractivity contribution >= 4 is 10.7 Å². The molecule has 0 aliphatic rings. The van der Waals surface area contributed by atoms with Crippen LogP contribution in [0.15, 0.2) is 30.3 Å². The summed E-state index contributed by atoms with van der Waals surface area (Å²) in [5.41, 5.74) is 2.67. The number of aromatic nitrogens is 2. The number of nitrogens with zero attached hydrogens (tertiary/aromatic N) is 2. The molecule has 6 heteroatoms. The van der Waals surface area contributed by atoms with Gasteiger partial charge in [0.2, 0.25) is 0 Å². The lowest BCUT2D eigenvalue weighted by Crippen LogP contribution is -1.86. The van der Waals surface area contributed by atoms with E-state index < -0.39 is 10.7 Å². The Labute approximate surface area is 99.7 Å². The Kier molecular flexibility index (Phi) is 3.21. The third kappa shape index (κ3) is 2.71. The van der Waals surface area contributed by atoms with Gasteiger partial charge in [-0.15, -0.1) is 0 Å². The van der Waals surface area contributed by atoms with E-state index in [-0.39, 0.29) is 5.75 Å². The predicted octanol–water partition coefficient (Wildman–Crippen LogP) is 1.06. The number of nitrogens with one attached hydrogen (secondary N) is 1. The number of benzene rings is 1. The van der Waals surface area contributed by atoms with E-state index in [0.717, 1.165) is 16.8 Å². The second-order valence-electron chi connectivity index (χ2n) is 3.47. The molecular weight excluding hydrogens is 238 g/mol. The van der Waals surface area contributed by atoms with Gasteiger partial charge in [0.05, 0.1) is 11.4 Å². The lowest BCUT2D eigenvalue weighted by molar-refractivity contribution is 0.614. The molecule has 2 aromatic rings. The number of hydrogen-bond acceptors (Lipinski definition) is 4. The standard InChI is InChI=1S/C11H9N3O2S/c12-6-10-5-11(14-13-10)9-3-1-8(2-4-9)7-17(15)16/h1-5,17H,7H2,(H,13,14). The van der Waals surface area contributed by atoms with Crippen molar-refractivity contribution in [2.45, 2.75) is 5.75 Å². The molecule has 0 amide bonds. The van der Waals surface area contributed by atoms with Gasteiger partial charge in [0, 0.05) is 6.07 Å². The molecular formula is C11H9N3O2S. The van der Waals surface area contributed by atoms with Gasteiger partial charge in [-0.25, -0.2) is 8.42 Å². The highest BCUT2D eigenvalue weighted by Crippen LogP contribution is 2.18. The summed E-state index contributed by atoms with van der Waals surface area (Å²) in [6.45, 7) is 0. The van der Waals surface area contributed by atoms with Gasteiger partial charge in [-0.2, -0.15) is 10.4 Å². The molecule has 1 N–H and O–H groups in total. The summed E-state index contributed by atoms with van der Waals surface area (Å²) in [6.07, 6.45) is 0. The lowest BCUT2D eigenvalue weighted by atomic mass is 10.1. The van der Waals surface area contributed by atoms with Crippen LogP contribution in [0.4, 0.5) is 0 Å². The van der Waals surface area contributed by atoms with E-state index in [4.69, 9.17) is 5.26 Å². The maximum Gasteiger partial charge on any atom is 0.162 e. The molecule has 17 heavy (non-hydrogen) atoms. The molecule has 0 aliphatic carbocycles. The van der Waals surface area contributed by atoms with Crippen molar-refractivity contribution in [3.8, 4) is 17.3 Å².